The van der Waals surface area contributed by atoms with E-state index in [9.17, 15) is 9.18 Å². The van der Waals surface area contributed by atoms with E-state index in [0.717, 1.165) is 60.1 Å². The molecule has 3 N–H and O–H groups in total. The molecule has 4 nitrogen and oxygen atoms in total. The van der Waals surface area contributed by atoms with Crippen LogP contribution in [0.3, 0.4) is 0 Å². The fourth-order valence-corrected chi connectivity index (χ4v) is 4.50. The normalized spacial score (nSPS) is 20.7. The number of amides is 1. The van der Waals surface area contributed by atoms with Crippen LogP contribution in [0.2, 0.25) is 0 Å². The van der Waals surface area contributed by atoms with Crippen molar-refractivity contribution in [3.63, 3.8) is 0 Å². The quantitative estimate of drug-likeness (QED) is 0.650. The lowest BCUT2D eigenvalue weighted by atomic mass is 9.92. The minimum absolute atomic E-state index is 0.146. The molecule has 1 aliphatic heterocycles. The van der Waals surface area contributed by atoms with Crippen LogP contribution < -0.4 is 10.6 Å². The third kappa shape index (κ3) is 2.92. The lowest BCUT2D eigenvalue weighted by Crippen LogP contribution is -2.31. The molecule has 2 heterocycles. The van der Waals surface area contributed by atoms with Crippen LogP contribution in [0.4, 0.5) is 10.1 Å². The SMILES string of the molecule is O=C(Nc1ccc(-c2c[nH]c3cc(F)ccc23)cc1)C1CC12CCNCC2. The molecular weight excluding hydrogens is 341 g/mol. The number of nitrogens with one attached hydrogen (secondary N) is 3. The van der Waals surface area contributed by atoms with Gasteiger partial charge in [-0.05, 0) is 73.7 Å². The van der Waals surface area contributed by atoms with Gasteiger partial charge in [0.25, 0.3) is 0 Å². The lowest BCUT2D eigenvalue weighted by molar-refractivity contribution is -0.118. The van der Waals surface area contributed by atoms with E-state index in [1.807, 2.05) is 30.5 Å². The number of carbonyl (C=O) groups is 1. The molecule has 1 aromatic heterocycles. The van der Waals surface area contributed by atoms with Gasteiger partial charge in [0.15, 0.2) is 0 Å². The average molecular weight is 363 g/mol. The number of hydrogen-bond donors (Lipinski definition) is 3. The molecule has 138 valence electrons. The summed E-state index contributed by atoms with van der Waals surface area (Å²) in [6.07, 6.45) is 5.11. The van der Waals surface area contributed by atoms with Gasteiger partial charge in [0.2, 0.25) is 5.91 Å². The Kier molecular flexibility index (Phi) is 3.79. The molecule has 2 aliphatic rings. The Balaban J connectivity index is 1.31. The first-order chi connectivity index (χ1) is 13.1. The van der Waals surface area contributed by atoms with Gasteiger partial charge in [0.1, 0.15) is 5.82 Å². The summed E-state index contributed by atoms with van der Waals surface area (Å²) in [5.74, 6) is 0.0514. The van der Waals surface area contributed by atoms with Gasteiger partial charge in [-0.15, -0.1) is 0 Å². The molecule has 5 rings (SSSR count). The first-order valence-corrected chi connectivity index (χ1v) is 9.53. The van der Waals surface area contributed by atoms with Gasteiger partial charge in [-0.25, -0.2) is 4.39 Å². The maximum Gasteiger partial charge on any atom is 0.228 e. The van der Waals surface area contributed by atoms with Crippen LogP contribution >= 0.6 is 0 Å². The molecule has 1 saturated carbocycles. The molecule has 1 atom stereocenters. The summed E-state index contributed by atoms with van der Waals surface area (Å²) in [5.41, 5.74) is 3.91. The highest BCUT2D eigenvalue weighted by Gasteiger charge is 2.57. The van der Waals surface area contributed by atoms with E-state index in [0.29, 0.717) is 0 Å². The van der Waals surface area contributed by atoms with Crippen molar-refractivity contribution in [3.8, 4) is 11.1 Å². The minimum Gasteiger partial charge on any atom is -0.360 e. The zero-order valence-corrected chi connectivity index (χ0v) is 15.0. The molecule has 5 heteroatoms. The number of aromatic amines is 1. The summed E-state index contributed by atoms with van der Waals surface area (Å²) in [5, 5.41) is 7.43. The number of fused-ring (bicyclic) bond motifs is 1. The van der Waals surface area contributed by atoms with E-state index in [1.165, 1.54) is 12.1 Å². The molecule has 27 heavy (non-hydrogen) atoms. The summed E-state index contributed by atoms with van der Waals surface area (Å²) in [6.45, 7) is 2.04. The second kappa shape index (κ2) is 6.20. The largest absolute Gasteiger partial charge is 0.360 e. The summed E-state index contributed by atoms with van der Waals surface area (Å²) < 4.78 is 13.4. The van der Waals surface area contributed by atoms with Crippen molar-refractivity contribution in [1.29, 1.82) is 0 Å². The molecule has 2 fully saturated rings. The second-order valence-corrected chi connectivity index (χ2v) is 7.83. The van der Waals surface area contributed by atoms with Gasteiger partial charge in [-0.1, -0.05) is 12.1 Å². The fraction of sp³-hybridized carbons (Fsp3) is 0.318. The number of carbonyl (C=O) groups excluding carboxylic acids is 1. The van der Waals surface area contributed by atoms with Gasteiger partial charge < -0.3 is 15.6 Å². The number of anilines is 1. The first kappa shape index (κ1) is 16.5. The fourth-order valence-electron chi connectivity index (χ4n) is 4.50. The molecule has 1 saturated heterocycles. The standard InChI is InChI=1S/C22H22FN3O/c23-15-3-6-17-18(13-25-20(17)11-15)14-1-4-16(5-2-14)26-21(27)19-12-22(19)7-9-24-10-8-22/h1-6,11,13,19,24-25H,7-10,12H2,(H,26,27). The minimum atomic E-state index is -0.249. The smallest absolute Gasteiger partial charge is 0.228 e. The summed E-state index contributed by atoms with van der Waals surface area (Å²) >= 11 is 0. The third-order valence-corrected chi connectivity index (χ3v) is 6.21. The molecule has 0 radical (unpaired) electrons. The zero-order chi connectivity index (χ0) is 18.4. The highest BCUT2D eigenvalue weighted by molar-refractivity contribution is 5.97. The van der Waals surface area contributed by atoms with Gasteiger partial charge in [-0.3, -0.25) is 4.79 Å². The second-order valence-electron chi connectivity index (χ2n) is 7.83. The van der Waals surface area contributed by atoms with Crippen molar-refractivity contribution in [3.05, 3.63) is 54.5 Å². The molecule has 1 aliphatic carbocycles. The van der Waals surface area contributed by atoms with E-state index < -0.39 is 0 Å². The number of benzene rings is 2. The van der Waals surface area contributed by atoms with Crippen LogP contribution in [0.1, 0.15) is 19.3 Å². The highest BCUT2D eigenvalue weighted by Crippen LogP contribution is 2.58. The number of rotatable bonds is 3. The number of halogens is 1. The van der Waals surface area contributed by atoms with E-state index in [4.69, 9.17) is 0 Å². The highest BCUT2D eigenvalue weighted by atomic mass is 19.1. The molecule has 1 unspecified atom stereocenters. The van der Waals surface area contributed by atoms with Gasteiger partial charge >= 0.3 is 0 Å². The predicted molar refractivity (Wildman–Crippen MR) is 105 cm³/mol. The molecule has 1 amide bonds. The number of H-pyrrole nitrogens is 1. The topological polar surface area (TPSA) is 56.9 Å². The van der Waals surface area contributed by atoms with Crippen molar-refractivity contribution in [2.75, 3.05) is 18.4 Å². The Morgan fingerprint density at radius 3 is 2.67 bits per heavy atom. The Morgan fingerprint density at radius 2 is 1.89 bits per heavy atom. The van der Waals surface area contributed by atoms with Crippen LogP contribution in [0.15, 0.2) is 48.7 Å². The van der Waals surface area contributed by atoms with E-state index in [1.54, 1.807) is 6.07 Å². The van der Waals surface area contributed by atoms with Crippen LogP contribution in [-0.4, -0.2) is 24.0 Å². The molecule has 3 aromatic rings. The predicted octanol–water partition coefficient (Wildman–Crippen LogP) is 4.30. The Bertz CT molecular complexity index is 1000. The summed E-state index contributed by atoms with van der Waals surface area (Å²) in [6, 6.07) is 12.6. The van der Waals surface area contributed by atoms with Crippen LogP contribution in [0.5, 0.6) is 0 Å². The summed E-state index contributed by atoms with van der Waals surface area (Å²) in [4.78, 5) is 15.7. The number of piperidine rings is 1. The molecule has 1 spiro atoms. The molecular formula is C22H22FN3O. The van der Waals surface area contributed by atoms with E-state index >= 15 is 0 Å². The van der Waals surface area contributed by atoms with Crippen LogP contribution in [0, 0.1) is 17.2 Å². The van der Waals surface area contributed by atoms with Crippen molar-refractivity contribution in [2.45, 2.75) is 19.3 Å². The molecule has 0 bridgehead atoms. The number of hydrogen-bond acceptors (Lipinski definition) is 2. The first-order valence-electron chi connectivity index (χ1n) is 9.53. The van der Waals surface area contributed by atoms with Crippen molar-refractivity contribution >= 4 is 22.5 Å². The van der Waals surface area contributed by atoms with Gasteiger partial charge in [-0.2, -0.15) is 0 Å². The average Bonchev–Trinajstić information content (AvgIpc) is 3.20. The Labute approximate surface area is 157 Å². The summed E-state index contributed by atoms with van der Waals surface area (Å²) in [7, 11) is 0. The Morgan fingerprint density at radius 1 is 1.11 bits per heavy atom. The third-order valence-electron chi connectivity index (χ3n) is 6.21. The van der Waals surface area contributed by atoms with Gasteiger partial charge in [0.05, 0.1) is 0 Å². The Hall–Kier alpha value is -2.66. The van der Waals surface area contributed by atoms with Crippen molar-refractivity contribution in [2.24, 2.45) is 11.3 Å². The van der Waals surface area contributed by atoms with E-state index in [-0.39, 0.29) is 23.1 Å². The zero-order valence-electron chi connectivity index (χ0n) is 15.0. The molecule has 2 aromatic carbocycles. The lowest BCUT2D eigenvalue weighted by Gasteiger charge is -2.23. The number of aromatic nitrogens is 1. The van der Waals surface area contributed by atoms with Crippen LogP contribution in [0.25, 0.3) is 22.0 Å². The van der Waals surface area contributed by atoms with E-state index in [2.05, 4.69) is 15.6 Å². The van der Waals surface area contributed by atoms with Crippen molar-refractivity contribution < 1.29 is 9.18 Å². The van der Waals surface area contributed by atoms with Gasteiger partial charge in [0, 0.05) is 34.3 Å². The maximum atomic E-state index is 13.4. The van der Waals surface area contributed by atoms with Crippen molar-refractivity contribution in [1.82, 2.24) is 10.3 Å². The monoisotopic (exact) mass is 363 g/mol. The maximum absolute atomic E-state index is 13.4. The van der Waals surface area contributed by atoms with Crippen LogP contribution in [-0.2, 0) is 4.79 Å².